The molecule has 0 N–H and O–H groups in total. The first kappa shape index (κ1) is 27.0. The Morgan fingerprint density at radius 2 is 1.61 bits per heavy atom. The van der Waals surface area contributed by atoms with Crippen molar-refractivity contribution < 1.29 is 27.4 Å². The van der Waals surface area contributed by atoms with E-state index in [0.717, 1.165) is 22.4 Å². The standard InChI is InChI=1S/C26H30F3N3O4/c1-5-17-31-22(30-32(24(31)34)20-12-10-19(11-13-20)26(27,28)29)16-9-18-7-14-21(15-8-18)36-25(3,4)23(33)35-6-2/h7-8,10-15H,5-6,9,16-17H2,1-4H3. The highest BCUT2D eigenvalue weighted by atomic mass is 19.4. The lowest BCUT2D eigenvalue weighted by Crippen LogP contribution is -2.39. The van der Waals surface area contributed by atoms with E-state index in [9.17, 15) is 22.8 Å². The third-order valence-electron chi connectivity index (χ3n) is 5.53. The molecule has 0 radical (unpaired) electrons. The smallest absolute Gasteiger partial charge is 0.416 e. The van der Waals surface area contributed by atoms with Crippen LogP contribution in [0.5, 0.6) is 5.75 Å². The molecule has 0 aliphatic heterocycles. The average Bonchev–Trinajstić information content (AvgIpc) is 3.13. The molecule has 0 saturated heterocycles. The summed E-state index contributed by atoms with van der Waals surface area (Å²) in [7, 11) is 0. The first-order valence-corrected chi connectivity index (χ1v) is 11.8. The number of aromatic nitrogens is 3. The summed E-state index contributed by atoms with van der Waals surface area (Å²) in [4.78, 5) is 25.0. The molecule has 1 aromatic heterocycles. The van der Waals surface area contributed by atoms with Crippen LogP contribution in [-0.4, -0.2) is 32.5 Å². The number of carbonyl (C=O) groups is 1. The molecule has 3 aromatic rings. The van der Waals surface area contributed by atoms with E-state index in [1.54, 1.807) is 37.5 Å². The first-order valence-electron chi connectivity index (χ1n) is 11.8. The minimum atomic E-state index is -4.45. The summed E-state index contributed by atoms with van der Waals surface area (Å²) in [5.41, 5.74) is -1.06. The van der Waals surface area contributed by atoms with Gasteiger partial charge in [-0.2, -0.15) is 17.9 Å². The van der Waals surface area contributed by atoms with Gasteiger partial charge in [-0.25, -0.2) is 9.59 Å². The van der Waals surface area contributed by atoms with Gasteiger partial charge in [0.2, 0.25) is 0 Å². The molecule has 0 bridgehead atoms. The van der Waals surface area contributed by atoms with E-state index in [-0.39, 0.29) is 12.3 Å². The highest BCUT2D eigenvalue weighted by Crippen LogP contribution is 2.29. The van der Waals surface area contributed by atoms with E-state index < -0.39 is 29.0 Å². The van der Waals surface area contributed by atoms with Crippen molar-refractivity contribution in [3.8, 4) is 11.4 Å². The lowest BCUT2D eigenvalue weighted by molar-refractivity contribution is -0.158. The van der Waals surface area contributed by atoms with Crippen LogP contribution < -0.4 is 10.4 Å². The topological polar surface area (TPSA) is 75.3 Å². The Morgan fingerprint density at radius 3 is 2.17 bits per heavy atom. The molecular weight excluding hydrogens is 475 g/mol. The second-order valence-electron chi connectivity index (χ2n) is 8.78. The van der Waals surface area contributed by atoms with Crippen molar-refractivity contribution in [2.75, 3.05) is 6.61 Å². The minimum Gasteiger partial charge on any atom is -0.476 e. The molecule has 0 aliphatic rings. The van der Waals surface area contributed by atoms with Gasteiger partial charge in [-0.3, -0.25) is 4.57 Å². The van der Waals surface area contributed by atoms with Crippen molar-refractivity contribution in [1.29, 1.82) is 0 Å². The van der Waals surface area contributed by atoms with Gasteiger partial charge >= 0.3 is 17.8 Å². The van der Waals surface area contributed by atoms with E-state index in [0.29, 0.717) is 37.4 Å². The molecule has 0 spiro atoms. The SMILES string of the molecule is CCCn1c(CCc2ccc(OC(C)(C)C(=O)OCC)cc2)nn(-c2ccc(C(F)(F)F)cc2)c1=O. The van der Waals surface area contributed by atoms with Gasteiger partial charge in [-0.1, -0.05) is 19.1 Å². The van der Waals surface area contributed by atoms with Crippen molar-refractivity contribution in [1.82, 2.24) is 14.3 Å². The van der Waals surface area contributed by atoms with Gasteiger partial charge < -0.3 is 9.47 Å². The molecular formula is C26H30F3N3O4. The Hall–Kier alpha value is -3.56. The summed E-state index contributed by atoms with van der Waals surface area (Å²) in [6.07, 6.45) is -2.72. The third-order valence-corrected chi connectivity index (χ3v) is 5.53. The van der Waals surface area contributed by atoms with E-state index >= 15 is 0 Å². The highest BCUT2D eigenvalue weighted by molar-refractivity contribution is 5.79. The van der Waals surface area contributed by atoms with Gasteiger partial charge in [0, 0.05) is 13.0 Å². The lowest BCUT2D eigenvalue weighted by Gasteiger charge is -2.24. The molecule has 1 heterocycles. The Bertz CT molecular complexity index is 1230. The van der Waals surface area contributed by atoms with E-state index in [1.165, 1.54) is 12.1 Å². The molecule has 0 fully saturated rings. The maximum absolute atomic E-state index is 12.9. The maximum atomic E-state index is 12.9. The van der Waals surface area contributed by atoms with Gasteiger partial charge in [0.1, 0.15) is 11.6 Å². The van der Waals surface area contributed by atoms with Crippen molar-refractivity contribution in [3.63, 3.8) is 0 Å². The zero-order valence-corrected chi connectivity index (χ0v) is 20.8. The van der Waals surface area contributed by atoms with Gasteiger partial charge in [0.25, 0.3) is 0 Å². The Labute approximate surface area is 207 Å². The van der Waals surface area contributed by atoms with Crippen LogP contribution in [-0.2, 0) is 35.1 Å². The molecule has 0 amide bonds. The third kappa shape index (κ3) is 6.35. The monoisotopic (exact) mass is 505 g/mol. The van der Waals surface area contributed by atoms with Gasteiger partial charge in [0.05, 0.1) is 17.9 Å². The molecule has 2 aromatic carbocycles. The summed E-state index contributed by atoms with van der Waals surface area (Å²) >= 11 is 0. The summed E-state index contributed by atoms with van der Waals surface area (Å²) in [5, 5.41) is 4.42. The molecule has 7 nitrogen and oxygen atoms in total. The van der Waals surface area contributed by atoms with E-state index in [1.807, 2.05) is 19.1 Å². The van der Waals surface area contributed by atoms with Gasteiger partial charge in [0.15, 0.2) is 5.60 Å². The Morgan fingerprint density at radius 1 is 0.972 bits per heavy atom. The quantitative estimate of drug-likeness (QED) is 0.364. The molecule has 10 heteroatoms. The number of ether oxygens (including phenoxy) is 2. The predicted molar refractivity (Wildman–Crippen MR) is 128 cm³/mol. The molecule has 0 atom stereocenters. The molecule has 3 rings (SSSR count). The van der Waals surface area contributed by atoms with E-state index in [2.05, 4.69) is 5.10 Å². The molecule has 0 aliphatic carbocycles. The normalized spacial score (nSPS) is 12.0. The zero-order chi connectivity index (χ0) is 26.5. The summed E-state index contributed by atoms with van der Waals surface area (Å²) in [5.74, 6) is 0.614. The van der Waals surface area contributed by atoms with Crippen molar-refractivity contribution in [2.24, 2.45) is 0 Å². The summed E-state index contributed by atoms with van der Waals surface area (Å²) < 4.78 is 52.2. The fourth-order valence-electron chi connectivity index (χ4n) is 3.65. The molecule has 194 valence electrons. The van der Waals surface area contributed by atoms with Gasteiger partial charge in [-0.05, 0) is 75.6 Å². The molecule has 0 saturated carbocycles. The number of halogens is 3. The van der Waals surface area contributed by atoms with Crippen LogP contribution in [0.4, 0.5) is 13.2 Å². The number of carbonyl (C=O) groups excluding carboxylic acids is 1. The van der Waals surface area contributed by atoms with Crippen LogP contribution in [0.2, 0.25) is 0 Å². The van der Waals surface area contributed by atoms with Crippen LogP contribution in [0.3, 0.4) is 0 Å². The Kier molecular flexibility index (Phi) is 8.27. The van der Waals surface area contributed by atoms with Gasteiger partial charge in [-0.15, -0.1) is 5.10 Å². The highest BCUT2D eigenvalue weighted by Gasteiger charge is 2.32. The number of benzene rings is 2. The number of esters is 1. The average molecular weight is 506 g/mol. The predicted octanol–water partition coefficient (Wildman–Crippen LogP) is 4.97. The fraction of sp³-hybridized carbons (Fsp3) is 0.423. The number of nitrogens with zero attached hydrogens (tertiary/aromatic N) is 3. The van der Waals surface area contributed by atoms with Crippen LogP contribution in [0, 0.1) is 0 Å². The van der Waals surface area contributed by atoms with Crippen LogP contribution in [0.1, 0.15) is 51.1 Å². The van der Waals surface area contributed by atoms with Crippen LogP contribution in [0.25, 0.3) is 5.69 Å². The number of rotatable bonds is 10. The lowest BCUT2D eigenvalue weighted by atomic mass is 10.1. The zero-order valence-electron chi connectivity index (χ0n) is 20.8. The van der Waals surface area contributed by atoms with Crippen molar-refractivity contribution >= 4 is 5.97 Å². The van der Waals surface area contributed by atoms with E-state index in [4.69, 9.17) is 9.47 Å². The number of aryl methyl sites for hydroxylation is 2. The fourth-order valence-corrected chi connectivity index (χ4v) is 3.65. The van der Waals surface area contributed by atoms with Crippen molar-refractivity contribution in [3.05, 3.63) is 76.0 Å². The second-order valence-corrected chi connectivity index (χ2v) is 8.78. The van der Waals surface area contributed by atoms with Crippen LogP contribution in [0.15, 0.2) is 53.3 Å². The minimum absolute atomic E-state index is 0.266. The maximum Gasteiger partial charge on any atom is 0.416 e. The second kappa shape index (κ2) is 11.0. The molecule has 0 unspecified atom stereocenters. The Balaban J connectivity index is 1.75. The number of alkyl halides is 3. The van der Waals surface area contributed by atoms with Crippen molar-refractivity contribution in [2.45, 2.75) is 65.3 Å². The summed E-state index contributed by atoms with van der Waals surface area (Å²) in [6, 6.07) is 11.6. The number of hydrogen-bond donors (Lipinski definition) is 0. The first-order chi connectivity index (χ1) is 17.0. The summed E-state index contributed by atoms with van der Waals surface area (Å²) in [6.45, 7) is 7.65. The number of hydrogen-bond acceptors (Lipinski definition) is 5. The van der Waals surface area contributed by atoms with Crippen LogP contribution >= 0.6 is 0 Å². The molecule has 36 heavy (non-hydrogen) atoms. The largest absolute Gasteiger partial charge is 0.476 e.